The van der Waals surface area contributed by atoms with Gasteiger partial charge in [-0.1, -0.05) is 37.1 Å². The molecule has 4 rings (SSSR count). The highest BCUT2D eigenvalue weighted by Gasteiger charge is 2.51. The number of carbonyl (C=O) groups excluding carboxylic acids is 2. The molecule has 21 heavy (non-hydrogen) atoms. The Morgan fingerprint density at radius 1 is 1.19 bits per heavy atom. The number of amides is 2. The molecule has 2 amide bonds. The molecule has 3 aliphatic rings. The van der Waals surface area contributed by atoms with Gasteiger partial charge in [-0.2, -0.15) is 0 Å². The molecule has 0 aromatic heterocycles. The lowest BCUT2D eigenvalue weighted by Crippen LogP contribution is -2.66. The highest BCUT2D eigenvalue weighted by Crippen LogP contribution is 2.41. The molecule has 110 valence electrons. The number of benzene rings is 1. The third kappa shape index (κ3) is 1.81. The van der Waals surface area contributed by atoms with Crippen molar-refractivity contribution in [3.63, 3.8) is 0 Å². The lowest BCUT2D eigenvalue weighted by Gasteiger charge is -2.46. The molecule has 2 aliphatic carbocycles. The first-order valence-corrected chi connectivity index (χ1v) is 7.87. The molecule has 1 saturated carbocycles. The van der Waals surface area contributed by atoms with Crippen molar-refractivity contribution < 1.29 is 9.59 Å². The Morgan fingerprint density at radius 2 is 1.95 bits per heavy atom. The van der Waals surface area contributed by atoms with Crippen molar-refractivity contribution in [1.29, 1.82) is 0 Å². The topological polar surface area (TPSA) is 49.4 Å². The van der Waals surface area contributed by atoms with Crippen LogP contribution in [0.3, 0.4) is 0 Å². The van der Waals surface area contributed by atoms with E-state index in [1.54, 1.807) is 0 Å². The Bertz CT molecular complexity index is 605. The number of nitrogens with zero attached hydrogens (tertiary/aromatic N) is 1. The summed E-state index contributed by atoms with van der Waals surface area (Å²) in [6.07, 6.45) is 4.74. The number of hydrogen-bond acceptors (Lipinski definition) is 2. The van der Waals surface area contributed by atoms with Gasteiger partial charge in [-0.25, -0.2) is 0 Å². The summed E-state index contributed by atoms with van der Waals surface area (Å²) in [7, 11) is 0. The van der Waals surface area contributed by atoms with Crippen LogP contribution in [0.15, 0.2) is 24.3 Å². The van der Waals surface area contributed by atoms with Crippen LogP contribution in [0.1, 0.15) is 42.7 Å². The van der Waals surface area contributed by atoms with Crippen LogP contribution in [0.2, 0.25) is 0 Å². The zero-order valence-corrected chi connectivity index (χ0v) is 12.1. The van der Waals surface area contributed by atoms with E-state index in [0.717, 1.165) is 32.1 Å². The summed E-state index contributed by atoms with van der Waals surface area (Å²) < 4.78 is 0. The van der Waals surface area contributed by atoms with E-state index in [4.69, 9.17) is 0 Å². The molecule has 1 atom stereocenters. The summed E-state index contributed by atoms with van der Waals surface area (Å²) in [5.41, 5.74) is 2.18. The van der Waals surface area contributed by atoms with E-state index < -0.39 is 5.54 Å². The fourth-order valence-corrected chi connectivity index (χ4v) is 4.26. The van der Waals surface area contributed by atoms with Gasteiger partial charge in [-0.15, -0.1) is 0 Å². The van der Waals surface area contributed by atoms with Crippen molar-refractivity contribution in [3.05, 3.63) is 35.4 Å². The standard InChI is InChI=1S/C17H20N2O2/c20-15-10-18-16(21)17(7-3-4-8-17)19(15)11-13-9-12-5-1-2-6-14(12)13/h1-2,5-6,13H,3-4,7-11H2,(H,18,21). The summed E-state index contributed by atoms with van der Waals surface area (Å²) in [5.74, 6) is 0.543. The van der Waals surface area contributed by atoms with Gasteiger partial charge in [0.2, 0.25) is 11.8 Å². The van der Waals surface area contributed by atoms with Crippen LogP contribution in [0.4, 0.5) is 0 Å². The number of hydrogen-bond donors (Lipinski definition) is 1. The van der Waals surface area contributed by atoms with Gasteiger partial charge in [0.05, 0.1) is 6.54 Å². The van der Waals surface area contributed by atoms with Crippen LogP contribution in [0.25, 0.3) is 0 Å². The lowest BCUT2D eigenvalue weighted by atomic mass is 9.76. The molecule has 4 nitrogen and oxygen atoms in total. The van der Waals surface area contributed by atoms with Crippen molar-refractivity contribution in [1.82, 2.24) is 10.2 Å². The third-order valence-electron chi connectivity index (χ3n) is 5.44. The Balaban J connectivity index is 1.60. The largest absolute Gasteiger partial charge is 0.345 e. The maximum atomic E-state index is 12.4. The van der Waals surface area contributed by atoms with Gasteiger partial charge < -0.3 is 10.2 Å². The first kappa shape index (κ1) is 12.9. The SMILES string of the molecule is O=C1CNC(=O)C2(CCCC2)N1CC1Cc2ccccc21. The Morgan fingerprint density at radius 3 is 2.71 bits per heavy atom. The number of piperazine rings is 1. The molecule has 1 aromatic rings. The van der Waals surface area contributed by atoms with Gasteiger partial charge in [0.25, 0.3) is 0 Å². The third-order valence-corrected chi connectivity index (χ3v) is 5.44. The molecular weight excluding hydrogens is 264 g/mol. The Kier molecular flexibility index (Phi) is 2.81. The second kappa shape index (κ2) is 4.58. The summed E-state index contributed by atoms with van der Waals surface area (Å²) in [6.45, 7) is 0.859. The summed E-state index contributed by atoms with van der Waals surface area (Å²) in [4.78, 5) is 26.7. The molecule has 1 unspecified atom stereocenters. The van der Waals surface area contributed by atoms with Crippen molar-refractivity contribution in [2.24, 2.45) is 0 Å². The van der Waals surface area contributed by atoms with Crippen molar-refractivity contribution in [2.75, 3.05) is 13.1 Å². The van der Waals surface area contributed by atoms with Gasteiger partial charge in [0, 0.05) is 12.5 Å². The second-order valence-corrected chi connectivity index (χ2v) is 6.53. The molecule has 1 heterocycles. The zero-order valence-electron chi connectivity index (χ0n) is 12.1. The second-order valence-electron chi connectivity index (χ2n) is 6.53. The van der Waals surface area contributed by atoms with Crippen LogP contribution in [0.5, 0.6) is 0 Å². The van der Waals surface area contributed by atoms with Gasteiger partial charge in [0.15, 0.2) is 0 Å². The monoisotopic (exact) mass is 284 g/mol. The van der Waals surface area contributed by atoms with E-state index >= 15 is 0 Å². The van der Waals surface area contributed by atoms with Gasteiger partial charge >= 0.3 is 0 Å². The number of nitrogens with one attached hydrogen (secondary N) is 1. The quantitative estimate of drug-likeness (QED) is 0.896. The number of carbonyl (C=O) groups is 2. The van der Waals surface area contributed by atoms with Crippen molar-refractivity contribution in [2.45, 2.75) is 43.6 Å². The fraction of sp³-hybridized carbons (Fsp3) is 0.529. The maximum Gasteiger partial charge on any atom is 0.246 e. The predicted molar refractivity (Wildman–Crippen MR) is 78.8 cm³/mol. The summed E-state index contributed by atoms with van der Waals surface area (Å²) in [6, 6.07) is 8.43. The van der Waals surface area contributed by atoms with Crippen LogP contribution >= 0.6 is 0 Å². The molecule has 1 spiro atoms. The Labute approximate surface area is 124 Å². The molecule has 0 radical (unpaired) electrons. The minimum absolute atomic E-state index is 0.0622. The number of fused-ring (bicyclic) bond motifs is 1. The summed E-state index contributed by atoms with van der Waals surface area (Å²) in [5, 5.41) is 2.79. The van der Waals surface area contributed by atoms with Crippen molar-refractivity contribution >= 4 is 11.8 Å². The van der Waals surface area contributed by atoms with Gasteiger partial charge in [0.1, 0.15) is 5.54 Å². The predicted octanol–water partition coefficient (Wildman–Crippen LogP) is 1.60. The van der Waals surface area contributed by atoms with Crippen molar-refractivity contribution in [3.8, 4) is 0 Å². The normalized spacial score (nSPS) is 26.5. The lowest BCUT2D eigenvalue weighted by molar-refractivity contribution is -0.154. The average Bonchev–Trinajstić information content (AvgIpc) is 2.94. The minimum Gasteiger partial charge on any atom is -0.345 e. The Hall–Kier alpha value is -1.84. The van der Waals surface area contributed by atoms with E-state index in [1.165, 1.54) is 11.1 Å². The highest BCUT2D eigenvalue weighted by atomic mass is 16.2. The molecule has 1 saturated heterocycles. The number of rotatable bonds is 2. The zero-order chi connectivity index (χ0) is 14.4. The van der Waals surface area contributed by atoms with E-state index in [9.17, 15) is 9.59 Å². The van der Waals surface area contributed by atoms with E-state index in [1.807, 2.05) is 4.90 Å². The highest BCUT2D eigenvalue weighted by molar-refractivity contribution is 5.98. The minimum atomic E-state index is -0.556. The molecule has 1 aromatic carbocycles. The molecular formula is C17H20N2O2. The molecule has 1 aliphatic heterocycles. The first-order valence-electron chi connectivity index (χ1n) is 7.87. The first-order chi connectivity index (χ1) is 10.2. The van der Waals surface area contributed by atoms with E-state index in [-0.39, 0.29) is 18.4 Å². The van der Waals surface area contributed by atoms with E-state index in [0.29, 0.717) is 12.5 Å². The molecule has 2 fully saturated rings. The summed E-state index contributed by atoms with van der Waals surface area (Å²) >= 11 is 0. The smallest absolute Gasteiger partial charge is 0.246 e. The molecule has 0 bridgehead atoms. The van der Waals surface area contributed by atoms with E-state index in [2.05, 4.69) is 29.6 Å². The van der Waals surface area contributed by atoms with Crippen LogP contribution in [0, 0.1) is 0 Å². The fourth-order valence-electron chi connectivity index (χ4n) is 4.26. The molecule has 1 N–H and O–H groups in total. The van der Waals surface area contributed by atoms with Gasteiger partial charge in [-0.05, 0) is 30.4 Å². The maximum absolute atomic E-state index is 12.4. The van der Waals surface area contributed by atoms with Crippen LogP contribution in [-0.2, 0) is 16.0 Å². The van der Waals surface area contributed by atoms with Crippen LogP contribution < -0.4 is 5.32 Å². The average molecular weight is 284 g/mol. The molecule has 4 heteroatoms. The van der Waals surface area contributed by atoms with Crippen LogP contribution in [-0.4, -0.2) is 35.3 Å². The van der Waals surface area contributed by atoms with Gasteiger partial charge in [-0.3, -0.25) is 9.59 Å².